The van der Waals surface area contributed by atoms with Crippen molar-refractivity contribution in [2.75, 3.05) is 19.8 Å². The first-order valence-corrected chi connectivity index (χ1v) is 12.5. The minimum atomic E-state index is -0.866. The van der Waals surface area contributed by atoms with Gasteiger partial charge in [-0.3, -0.25) is 14.4 Å². The van der Waals surface area contributed by atoms with Gasteiger partial charge in [0.05, 0.1) is 35.8 Å². The summed E-state index contributed by atoms with van der Waals surface area (Å²) >= 11 is 1.54. The standard InChI is InChI=1S/C24H34N2O5S/c1-5-15(14-27)26-19-21(29)25(23(2,3)4)12-9-11-24(19)18(20(26)28)17-16(32-24)10-7-6-8-13-31-22(17)30/h7,9-11,15-19,27H,5-6,8,12-14H2,1-4H3/b10-7-/t15-,16-,17+,18-,19?,24-/m0/s1. The highest BCUT2D eigenvalue weighted by molar-refractivity contribution is 8.02. The summed E-state index contributed by atoms with van der Waals surface area (Å²) < 4.78 is 4.69. The largest absolute Gasteiger partial charge is 0.465 e. The number of ether oxygens (including phenoxy) is 1. The van der Waals surface area contributed by atoms with E-state index in [1.165, 1.54) is 0 Å². The van der Waals surface area contributed by atoms with Crippen LogP contribution in [-0.2, 0) is 19.1 Å². The molecular weight excluding hydrogens is 428 g/mol. The van der Waals surface area contributed by atoms with Gasteiger partial charge in [0.1, 0.15) is 6.04 Å². The van der Waals surface area contributed by atoms with Crippen molar-refractivity contribution < 1.29 is 24.2 Å². The van der Waals surface area contributed by atoms with Crippen LogP contribution in [-0.4, -0.2) is 80.1 Å². The lowest BCUT2D eigenvalue weighted by molar-refractivity contribution is -0.153. The SMILES string of the molecule is CC[C@@H](CO)N1C(=O)[C@@H]2[C@@H]3C(=O)OCCC/C=C\[C@@H]3S[C@@]23C=CCN(C(C)(C)C)C(=O)C13. The smallest absolute Gasteiger partial charge is 0.311 e. The summed E-state index contributed by atoms with van der Waals surface area (Å²) in [7, 11) is 0. The van der Waals surface area contributed by atoms with Crippen molar-refractivity contribution in [1.82, 2.24) is 9.80 Å². The molecule has 4 rings (SSSR count). The molecule has 2 saturated heterocycles. The Balaban J connectivity index is 1.88. The summed E-state index contributed by atoms with van der Waals surface area (Å²) in [5.74, 6) is -2.06. The summed E-state index contributed by atoms with van der Waals surface area (Å²) in [5, 5.41) is 9.87. The second-order valence-corrected chi connectivity index (χ2v) is 11.6. The molecule has 1 unspecified atom stereocenters. The van der Waals surface area contributed by atoms with Crippen LogP contribution in [0.3, 0.4) is 0 Å². The lowest BCUT2D eigenvalue weighted by Gasteiger charge is -2.42. The Labute approximate surface area is 194 Å². The van der Waals surface area contributed by atoms with E-state index in [2.05, 4.69) is 6.08 Å². The molecule has 1 spiro atoms. The summed E-state index contributed by atoms with van der Waals surface area (Å²) in [6, 6.07) is -1.24. The van der Waals surface area contributed by atoms with E-state index in [4.69, 9.17) is 4.74 Å². The zero-order valence-electron chi connectivity index (χ0n) is 19.3. The number of carbonyl (C=O) groups excluding carboxylic acids is 3. The number of rotatable bonds is 3. The van der Waals surface area contributed by atoms with Gasteiger partial charge in [-0.1, -0.05) is 31.2 Å². The fourth-order valence-electron chi connectivity index (χ4n) is 5.60. The van der Waals surface area contributed by atoms with Crippen LogP contribution in [0.25, 0.3) is 0 Å². The molecule has 6 atom stereocenters. The molecule has 0 bridgehead atoms. The van der Waals surface area contributed by atoms with Crippen LogP contribution in [0.2, 0.25) is 0 Å². The molecule has 0 aromatic heterocycles. The van der Waals surface area contributed by atoms with Crippen molar-refractivity contribution in [3.63, 3.8) is 0 Å². The van der Waals surface area contributed by atoms with Gasteiger partial charge in [-0.2, -0.15) is 0 Å². The minimum absolute atomic E-state index is 0.124. The molecule has 32 heavy (non-hydrogen) atoms. The molecule has 176 valence electrons. The van der Waals surface area contributed by atoms with E-state index in [0.717, 1.165) is 12.8 Å². The molecule has 0 aromatic rings. The van der Waals surface area contributed by atoms with Crippen LogP contribution in [0.4, 0.5) is 0 Å². The topological polar surface area (TPSA) is 87.2 Å². The monoisotopic (exact) mass is 462 g/mol. The number of thioether (sulfide) groups is 1. The third-order valence-electron chi connectivity index (χ3n) is 7.17. The van der Waals surface area contributed by atoms with Gasteiger partial charge in [-0.15, -0.1) is 11.8 Å². The average Bonchev–Trinajstić information content (AvgIpc) is 3.13. The fraction of sp³-hybridized carbons (Fsp3) is 0.708. The highest BCUT2D eigenvalue weighted by Gasteiger charge is 2.71. The van der Waals surface area contributed by atoms with E-state index in [1.54, 1.807) is 21.6 Å². The van der Waals surface area contributed by atoms with Crippen LogP contribution in [0, 0.1) is 11.8 Å². The van der Waals surface area contributed by atoms with E-state index < -0.39 is 34.2 Å². The van der Waals surface area contributed by atoms with Crippen LogP contribution in [0.15, 0.2) is 24.3 Å². The molecule has 4 aliphatic rings. The number of cyclic esters (lactones) is 1. The lowest BCUT2D eigenvalue weighted by atomic mass is 9.78. The molecule has 4 aliphatic heterocycles. The Hall–Kier alpha value is -1.80. The van der Waals surface area contributed by atoms with Gasteiger partial charge in [0, 0.05) is 17.3 Å². The molecule has 8 heteroatoms. The van der Waals surface area contributed by atoms with E-state index in [9.17, 15) is 19.5 Å². The maximum absolute atomic E-state index is 14.0. The molecule has 0 saturated carbocycles. The first-order valence-electron chi connectivity index (χ1n) is 11.6. The quantitative estimate of drug-likeness (QED) is 0.511. The summed E-state index contributed by atoms with van der Waals surface area (Å²) in [4.78, 5) is 44.6. The average molecular weight is 463 g/mol. The number of carbonyl (C=O) groups is 3. The Morgan fingerprint density at radius 3 is 2.66 bits per heavy atom. The minimum Gasteiger partial charge on any atom is -0.465 e. The van der Waals surface area contributed by atoms with Crippen molar-refractivity contribution >= 4 is 29.5 Å². The van der Waals surface area contributed by atoms with Crippen LogP contribution in [0.5, 0.6) is 0 Å². The van der Waals surface area contributed by atoms with E-state index >= 15 is 0 Å². The Morgan fingerprint density at radius 2 is 2.00 bits per heavy atom. The van der Waals surface area contributed by atoms with Crippen LogP contribution < -0.4 is 0 Å². The molecular formula is C24H34N2O5S. The number of allylic oxidation sites excluding steroid dienone is 1. The first kappa shape index (κ1) is 23.4. The second-order valence-electron chi connectivity index (χ2n) is 10.1. The van der Waals surface area contributed by atoms with Crippen LogP contribution in [0.1, 0.15) is 47.0 Å². The number of likely N-dealkylation sites (tertiary alicyclic amines) is 1. The number of aliphatic hydroxyl groups excluding tert-OH is 1. The highest BCUT2D eigenvalue weighted by Crippen LogP contribution is 2.61. The fourth-order valence-corrected chi connectivity index (χ4v) is 7.59. The van der Waals surface area contributed by atoms with Crippen molar-refractivity contribution in [3.05, 3.63) is 24.3 Å². The summed E-state index contributed by atoms with van der Waals surface area (Å²) in [6.45, 7) is 8.41. The first-order chi connectivity index (χ1) is 15.2. The molecule has 2 fully saturated rings. The van der Waals surface area contributed by atoms with Gasteiger partial charge in [0.15, 0.2) is 0 Å². The molecule has 4 heterocycles. The number of aliphatic hydroxyl groups is 1. The zero-order chi connectivity index (χ0) is 23.3. The molecule has 0 aliphatic carbocycles. The van der Waals surface area contributed by atoms with Crippen molar-refractivity contribution in [2.45, 2.75) is 74.6 Å². The molecule has 7 nitrogen and oxygen atoms in total. The number of fused-ring (bicyclic) bond motifs is 2. The predicted molar refractivity (Wildman–Crippen MR) is 123 cm³/mol. The van der Waals surface area contributed by atoms with Gasteiger partial charge in [0.2, 0.25) is 11.8 Å². The Morgan fingerprint density at radius 1 is 1.25 bits per heavy atom. The molecule has 0 aromatic carbocycles. The van der Waals surface area contributed by atoms with Gasteiger partial charge in [-0.25, -0.2) is 0 Å². The van der Waals surface area contributed by atoms with Crippen molar-refractivity contribution in [3.8, 4) is 0 Å². The molecule has 0 radical (unpaired) electrons. The Kier molecular flexibility index (Phi) is 6.22. The van der Waals surface area contributed by atoms with Gasteiger partial charge >= 0.3 is 5.97 Å². The third-order valence-corrected chi connectivity index (χ3v) is 8.92. The van der Waals surface area contributed by atoms with Gasteiger partial charge in [0.25, 0.3) is 0 Å². The maximum atomic E-state index is 14.0. The Bertz CT molecular complexity index is 846. The van der Waals surface area contributed by atoms with Crippen LogP contribution >= 0.6 is 11.8 Å². The number of nitrogens with zero attached hydrogens (tertiary/aromatic N) is 2. The van der Waals surface area contributed by atoms with Crippen molar-refractivity contribution in [2.24, 2.45) is 11.8 Å². The number of esters is 1. The summed E-state index contributed by atoms with van der Waals surface area (Å²) in [6.07, 6.45) is 10.2. The predicted octanol–water partition coefficient (Wildman–Crippen LogP) is 2.14. The van der Waals surface area contributed by atoms with Gasteiger partial charge < -0.3 is 19.6 Å². The van der Waals surface area contributed by atoms with E-state index in [-0.39, 0.29) is 29.6 Å². The lowest BCUT2D eigenvalue weighted by Crippen LogP contribution is -2.59. The van der Waals surface area contributed by atoms with E-state index in [0.29, 0.717) is 19.6 Å². The van der Waals surface area contributed by atoms with E-state index in [1.807, 2.05) is 45.9 Å². The second kappa shape index (κ2) is 8.52. The summed E-state index contributed by atoms with van der Waals surface area (Å²) in [5.41, 5.74) is -0.428. The van der Waals surface area contributed by atoms with Gasteiger partial charge in [-0.05, 0) is 40.0 Å². The zero-order valence-corrected chi connectivity index (χ0v) is 20.1. The van der Waals surface area contributed by atoms with Crippen molar-refractivity contribution in [1.29, 1.82) is 0 Å². The normalized spacial score (nSPS) is 37.0. The maximum Gasteiger partial charge on any atom is 0.311 e. The third kappa shape index (κ3) is 3.50. The molecule has 1 N–H and O–H groups in total. The number of hydrogen-bond acceptors (Lipinski definition) is 6. The molecule has 2 amide bonds. The number of amides is 2. The highest BCUT2D eigenvalue weighted by atomic mass is 32.2. The number of hydrogen-bond donors (Lipinski definition) is 1.